The molecule has 0 heterocycles. The molecule has 0 unspecified atom stereocenters. The predicted molar refractivity (Wildman–Crippen MR) is 57.9 cm³/mol. The molecule has 1 rings (SSSR count). The van der Waals surface area contributed by atoms with Crippen LogP contribution in [0.2, 0.25) is 0 Å². The highest BCUT2D eigenvalue weighted by Crippen LogP contribution is 2.14. The number of rotatable bonds is 5. The fraction of sp³-hybridized carbons (Fsp3) is 0.417. The molecule has 3 nitrogen and oxygen atoms in total. The molecule has 0 saturated heterocycles. The van der Waals surface area contributed by atoms with Gasteiger partial charge in [-0.15, -0.1) is 0 Å². The lowest BCUT2D eigenvalue weighted by Gasteiger charge is -2.06. The molecular weight excluding hydrogens is 192 g/mol. The molecule has 0 aliphatic rings. The van der Waals surface area contributed by atoms with Gasteiger partial charge in [0.15, 0.2) is 0 Å². The Morgan fingerprint density at radius 1 is 1.40 bits per heavy atom. The van der Waals surface area contributed by atoms with Crippen molar-refractivity contribution >= 4 is 5.97 Å². The fourth-order valence-corrected chi connectivity index (χ4v) is 1.20. The molecule has 0 aliphatic carbocycles. The first-order valence-corrected chi connectivity index (χ1v) is 5.04. The van der Waals surface area contributed by atoms with Gasteiger partial charge in [-0.25, -0.2) is 0 Å². The van der Waals surface area contributed by atoms with Crippen molar-refractivity contribution in [2.24, 2.45) is 0 Å². The molecule has 0 spiro atoms. The summed E-state index contributed by atoms with van der Waals surface area (Å²) in [7, 11) is 1.39. The van der Waals surface area contributed by atoms with E-state index in [1.165, 1.54) is 7.11 Å². The third-order valence-electron chi connectivity index (χ3n) is 1.95. The Hall–Kier alpha value is -1.51. The molecule has 82 valence electrons. The fourth-order valence-electron chi connectivity index (χ4n) is 1.20. The molecule has 0 radical (unpaired) electrons. The van der Waals surface area contributed by atoms with Crippen LogP contribution in [0.1, 0.15) is 18.9 Å². The Morgan fingerprint density at radius 2 is 2.20 bits per heavy atom. The minimum Gasteiger partial charge on any atom is -0.494 e. The van der Waals surface area contributed by atoms with Gasteiger partial charge in [0.2, 0.25) is 0 Å². The van der Waals surface area contributed by atoms with Gasteiger partial charge in [-0.05, 0) is 24.1 Å². The number of carbonyl (C=O) groups excluding carboxylic acids is 1. The maximum atomic E-state index is 11.0. The van der Waals surface area contributed by atoms with Crippen LogP contribution in [-0.2, 0) is 16.0 Å². The molecule has 0 atom stereocenters. The van der Waals surface area contributed by atoms with Gasteiger partial charge in [-0.1, -0.05) is 19.1 Å². The van der Waals surface area contributed by atoms with Crippen molar-refractivity contribution in [1.29, 1.82) is 0 Å². The van der Waals surface area contributed by atoms with Crippen LogP contribution in [-0.4, -0.2) is 19.7 Å². The third-order valence-corrected chi connectivity index (χ3v) is 1.95. The quantitative estimate of drug-likeness (QED) is 0.696. The van der Waals surface area contributed by atoms with Gasteiger partial charge >= 0.3 is 5.97 Å². The van der Waals surface area contributed by atoms with E-state index in [4.69, 9.17) is 4.74 Å². The van der Waals surface area contributed by atoms with Crippen LogP contribution >= 0.6 is 0 Å². The van der Waals surface area contributed by atoms with Gasteiger partial charge in [0.05, 0.1) is 20.1 Å². The number of ether oxygens (including phenoxy) is 2. The zero-order valence-electron chi connectivity index (χ0n) is 9.16. The molecule has 0 N–H and O–H groups in total. The standard InChI is InChI=1S/C12H16O3/c1-3-7-15-11-6-4-5-10(8-11)9-12(13)14-2/h4-6,8H,3,7,9H2,1-2H3. The summed E-state index contributed by atoms with van der Waals surface area (Å²) in [6.07, 6.45) is 1.26. The normalized spacial score (nSPS) is 9.73. The van der Waals surface area contributed by atoms with Crippen molar-refractivity contribution in [3.63, 3.8) is 0 Å². The Bertz CT molecular complexity index is 320. The molecule has 0 aromatic heterocycles. The zero-order valence-corrected chi connectivity index (χ0v) is 9.16. The highest BCUT2D eigenvalue weighted by Gasteiger charge is 2.03. The average molecular weight is 208 g/mol. The second kappa shape index (κ2) is 6.06. The topological polar surface area (TPSA) is 35.5 Å². The SMILES string of the molecule is CCCOc1cccc(CC(=O)OC)c1. The van der Waals surface area contributed by atoms with Crippen molar-refractivity contribution in [2.75, 3.05) is 13.7 Å². The first-order valence-electron chi connectivity index (χ1n) is 5.04. The van der Waals surface area contributed by atoms with Crippen LogP contribution in [0.25, 0.3) is 0 Å². The van der Waals surface area contributed by atoms with E-state index in [0.29, 0.717) is 13.0 Å². The Kier molecular flexibility index (Phi) is 4.68. The molecule has 1 aromatic carbocycles. The molecule has 0 fully saturated rings. The van der Waals surface area contributed by atoms with E-state index in [0.717, 1.165) is 17.7 Å². The molecular formula is C12H16O3. The maximum absolute atomic E-state index is 11.0. The minimum atomic E-state index is -0.234. The van der Waals surface area contributed by atoms with Crippen LogP contribution in [0.3, 0.4) is 0 Å². The van der Waals surface area contributed by atoms with E-state index < -0.39 is 0 Å². The van der Waals surface area contributed by atoms with Crippen molar-refractivity contribution in [3.05, 3.63) is 29.8 Å². The molecule has 0 saturated carbocycles. The first-order chi connectivity index (χ1) is 7.26. The molecule has 0 aliphatic heterocycles. The van der Waals surface area contributed by atoms with Crippen molar-refractivity contribution < 1.29 is 14.3 Å². The Balaban J connectivity index is 2.61. The minimum absolute atomic E-state index is 0.234. The number of esters is 1. The summed E-state index contributed by atoms with van der Waals surface area (Å²) in [5, 5.41) is 0. The molecule has 15 heavy (non-hydrogen) atoms. The second-order valence-corrected chi connectivity index (χ2v) is 3.25. The van der Waals surface area contributed by atoms with Gasteiger partial charge in [-0.3, -0.25) is 4.79 Å². The van der Waals surface area contributed by atoms with Gasteiger partial charge in [0, 0.05) is 0 Å². The molecule has 3 heteroatoms. The summed E-state index contributed by atoms with van der Waals surface area (Å²) in [4.78, 5) is 11.0. The molecule has 0 amide bonds. The predicted octanol–water partition coefficient (Wildman–Crippen LogP) is 2.19. The number of hydrogen-bond donors (Lipinski definition) is 0. The van der Waals surface area contributed by atoms with Crippen molar-refractivity contribution in [2.45, 2.75) is 19.8 Å². The summed E-state index contributed by atoms with van der Waals surface area (Å²) in [6.45, 7) is 2.75. The van der Waals surface area contributed by atoms with E-state index in [1.807, 2.05) is 24.3 Å². The van der Waals surface area contributed by atoms with Crippen molar-refractivity contribution in [1.82, 2.24) is 0 Å². The number of methoxy groups -OCH3 is 1. The highest BCUT2D eigenvalue weighted by molar-refractivity contribution is 5.72. The molecule has 0 bridgehead atoms. The number of benzene rings is 1. The van der Waals surface area contributed by atoms with Gasteiger partial charge in [0.1, 0.15) is 5.75 Å². The van der Waals surface area contributed by atoms with Gasteiger partial charge in [0.25, 0.3) is 0 Å². The maximum Gasteiger partial charge on any atom is 0.309 e. The van der Waals surface area contributed by atoms with Gasteiger partial charge in [-0.2, -0.15) is 0 Å². The summed E-state index contributed by atoms with van der Waals surface area (Å²) in [6, 6.07) is 7.52. The Labute approximate surface area is 90.0 Å². The lowest BCUT2D eigenvalue weighted by Crippen LogP contribution is -2.04. The van der Waals surface area contributed by atoms with E-state index in [-0.39, 0.29) is 5.97 Å². The first kappa shape index (κ1) is 11.6. The summed E-state index contributed by atoms with van der Waals surface area (Å²) < 4.78 is 10.1. The third kappa shape index (κ3) is 4.02. The molecule has 1 aromatic rings. The summed E-state index contributed by atoms with van der Waals surface area (Å²) in [5.41, 5.74) is 0.912. The Morgan fingerprint density at radius 3 is 2.87 bits per heavy atom. The van der Waals surface area contributed by atoms with Crippen LogP contribution in [0.4, 0.5) is 0 Å². The number of carbonyl (C=O) groups is 1. The van der Waals surface area contributed by atoms with E-state index in [9.17, 15) is 4.79 Å². The smallest absolute Gasteiger partial charge is 0.309 e. The zero-order chi connectivity index (χ0) is 11.1. The highest BCUT2D eigenvalue weighted by atomic mass is 16.5. The number of hydrogen-bond acceptors (Lipinski definition) is 3. The van der Waals surface area contributed by atoms with Crippen LogP contribution in [0.5, 0.6) is 5.75 Å². The van der Waals surface area contributed by atoms with E-state index in [1.54, 1.807) is 0 Å². The van der Waals surface area contributed by atoms with E-state index >= 15 is 0 Å². The van der Waals surface area contributed by atoms with Gasteiger partial charge < -0.3 is 9.47 Å². The monoisotopic (exact) mass is 208 g/mol. The van der Waals surface area contributed by atoms with Crippen LogP contribution < -0.4 is 4.74 Å². The lowest BCUT2D eigenvalue weighted by atomic mass is 10.1. The van der Waals surface area contributed by atoms with E-state index in [2.05, 4.69) is 11.7 Å². The average Bonchev–Trinajstić information content (AvgIpc) is 2.26. The summed E-state index contributed by atoms with van der Waals surface area (Å²) >= 11 is 0. The van der Waals surface area contributed by atoms with Crippen molar-refractivity contribution in [3.8, 4) is 5.75 Å². The lowest BCUT2D eigenvalue weighted by molar-refractivity contribution is -0.139. The second-order valence-electron chi connectivity index (χ2n) is 3.25. The largest absolute Gasteiger partial charge is 0.494 e. The van der Waals surface area contributed by atoms with Crippen LogP contribution in [0.15, 0.2) is 24.3 Å². The van der Waals surface area contributed by atoms with Crippen LogP contribution in [0, 0.1) is 0 Å². The summed E-state index contributed by atoms with van der Waals surface area (Å²) in [5.74, 6) is 0.570.